The Morgan fingerprint density at radius 1 is 1.21 bits per heavy atom. The summed E-state index contributed by atoms with van der Waals surface area (Å²) in [5.74, 6) is 0.595. The molecule has 5 heteroatoms. The lowest BCUT2D eigenvalue weighted by Crippen LogP contribution is -1.99. The number of rotatable bonds is 3. The summed E-state index contributed by atoms with van der Waals surface area (Å²) in [5.41, 5.74) is 0. The molecule has 14 heavy (non-hydrogen) atoms. The van der Waals surface area contributed by atoms with Gasteiger partial charge >= 0.3 is 0 Å². The Morgan fingerprint density at radius 3 is 2.29 bits per heavy atom. The second-order valence-corrected chi connectivity index (χ2v) is 4.23. The number of aromatic nitrogens is 2. The highest BCUT2D eigenvalue weighted by Gasteiger charge is 2.21. The molecule has 0 radical (unpaired) electrons. The fraction of sp³-hybridized carbons (Fsp3) is 0.556. The molecule has 1 heterocycles. The fourth-order valence-electron chi connectivity index (χ4n) is 1.29. The van der Waals surface area contributed by atoms with Gasteiger partial charge in [-0.05, 0) is 12.3 Å². The van der Waals surface area contributed by atoms with Crippen molar-refractivity contribution in [1.82, 2.24) is 9.97 Å². The average Bonchev–Trinajstić information content (AvgIpc) is 2.94. The van der Waals surface area contributed by atoms with E-state index in [1.807, 2.05) is 0 Å². The van der Waals surface area contributed by atoms with Crippen LogP contribution in [0.15, 0.2) is 0 Å². The highest BCUT2D eigenvalue weighted by atomic mass is 35.5. The average molecular weight is 235 g/mol. The van der Waals surface area contributed by atoms with Gasteiger partial charge in [-0.25, -0.2) is 14.4 Å². The molecule has 1 aliphatic carbocycles. The number of nitrogens with zero attached hydrogens (tertiary/aromatic N) is 2. The minimum Gasteiger partial charge on any atom is -0.218 e. The number of hydrogen-bond donors (Lipinski definition) is 0. The van der Waals surface area contributed by atoms with E-state index in [1.165, 1.54) is 12.8 Å². The van der Waals surface area contributed by atoms with Gasteiger partial charge in [0, 0.05) is 6.42 Å². The van der Waals surface area contributed by atoms with Crippen LogP contribution in [0, 0.1) is 11.7 Å². The van der Waals surface area contributed by atoms with Crippen LogP contribution in [0.4, 0.5) is 4.39 Å². The van der Waals surface area contributed by atoms with Crippen LogP contribution in [0.2, 0.25) is 10.3 Å². The van der Waals surface area contributed by atoms with Crippen LogP contribution in [0.1, 0.15) is 25.1 Å². The molecule has 0 unspecified atom stereocenters. The molecule has 0 aliphatic heterocycles. The van der Waals surface area contributed by atoms with Gasteiger partial charge in [0.15, 0.2) is 16.1 Å². The van der Waals surface area contributed by atoms with Gasteiger partial charge in [0.05, 0.1) is 0 Å². The van der Waals surface area contributed by atoms with Crippen molar-refractivity contribution in [1.29, 1.82) is 0 Å². The largest absolute Gasteiger partial charge is 0.218 e. The third-order valence-electron chi connectivity index (χ3n) is 2.29. The molecular formula is C9H9Cl2FN2. The van der Waals surface area contributed by atoms with Crippen LogP contribution < -0.4 is 0 Å². The predicted molar refractivity (Wildman–Crippen MR) is 53.1 cm³/mol. The highest BCUT2D eigenvalue weighted by Crippen LogP contribution is 2.33. The Balaban J connectivity index is 2.08. The maximum absolute atomic E-state index is 12.9. The lowest BCUT2D eigenvalue weighted by molar-refractivity contribution is 0.604. The van der Waals surface area contributed by atoms with E-state index in [4.69, 9.17) is 23.2 Å². The number of hydrogen-bond acceptors (Lipinski definition) is 2. The first-order chi connectivity index (χ1) is 6.66. The molecule has 0 atom stereocenters. The molecule has 0 N–H and O–H groups in total. The van der Waals surface area contributed by atoms with Crippen molar-refractivity contribution in [3.8, 4) is 0 Å². The second-order valence-electron chi connectivity index (χ2n) is 3.52. The molecule has 0 spiro atoms. The fourth-order valence-corrected chi connectivity index (χ4v) is 1.71. The Kier molecular flexibility index (Phi) is 2.88. The molecule has 0 aromatic carbocycles. The van der Waals surface area contributed by atoms with Crippen molar-refractivity contribution in [2.45, 2.75) is 25.7 Å². The van der Waals surface area contributed by atoms with E-state index >= 15 is 0 Å². The second kappa shape index (κ2) is 3.99. The van der Waals surface area contributed by atoms with Crippen molar-refractivity contribution in [3.05, 3.63) is 21.9 Å². The molecule has 1 saturated carbocycles. The van der Waals surface area contributed by atoms with E-state index < -0.39 is 5.82 Å². The molecule has 1 aromatic heterocycles. The standard InChI is InChI=1S/C9H9Cl2FN2/c10-8-7(12)9(11)14-6(13-8)4-3-5-1-2-5/h5H,1-4H2. The molecule has 76 valence electrons. The van der Waals surface area contributed by atoms with E-state index in [0.717, 1.165) is 18.8 Å². The van der Waals surface area contributed by atoms with Crippen molar-refractivity contribution < 1.29 is 4.39 Å². The Hall–Kier alpha value is -0.410. The van der Waals surface area contributed by atoms with Crippen LogP contribution in [-0.4, -0.2) is 9.97 Å². The predicted octanol–water partition coefficient (Wildman–Crippen LogP) is 3.27. The number of aryl methyl sites for hydroxylation is 1. The monoisotopic (exact) mass is 234 g/mol. The number of halogens is 3. The minimum absolute atomic E-state index is 0.184. The molecule has 2 rings (SSSR count). The van der Waals surface area contributed by atoms with E-state index in [1.54, 1.807) is 0 Å². The normalized spacial score (nSPS) is 15.9. The van der Waals surface area contributed by atoms with Crippen LogP contribution in [-0.2, 0) is 6.42 Å². The van der Waals surface area contributed by atoms with E-state index in [9.17, 15) is 4.39 Å². The SMILES string of the molecule is Fc1c(Cl)nc(CCC2CC2)nc1Cl. The van der Waals surface area contributed by atoms with Gasteiger partial charge in [0.1, 0.15) is 5.82 Å². The van der Waals surface area contributed by atoms with E-state index in [-0.39, 0.29) is 10.3 Å². The smallest absolute Gasteiger partial charge is 0.197 e. The summed E-state index contributed by atoms with van der Waals surface area (Å²) < 4.78 is 12.9. The van der Waals surface area contributed by atoms with Gasteiger partial charge in [0.25, 0.3) is 0 Å². The van der Waals surface area contributed by atoms with Crippen molar-refractivity contribution >= 4 is 23.2 Å². The van der Waals surface area contributed by atoms with Gasteiger partial charge in [-0.2, -0.15) is 0 Å². The first-order valence-corrected chi connectivity index (χ1v) is 5.30. The summed E-state index contributed by atoms with van der Waals surface area (Å²) in [7, 11) is 0. The quantitative estimate of drug-likeness (QED) is 0.751. The summed E-state index contributed by atoms with van der Waals surface area (Å²) >= 11 is 11.1. The van der Waals surface area contributed by atoms with Crippen molar-refractivity contribution in [3.63, 3.8) is 0 Å². The summed E-state index contributed by atoms with van der Waals surface area (Å²) in [6.45, 7) is 0. The third kappa shape index (κ3) is 2.34. The van der Waals surface area contributed by atoms with E-state index in [0.29, 0.717) is 5.82 Å². The first kappa shape index (κ1) is 10.1. The van der Waals surface area contributed by atoms with Gasteiger partial charge in [0.2, 0.25) is 0 Å². The summed E-state index contributed by atoms with van der Waals surface area (Å²) in [5, 5.41) is -0.369. The Labute approximate surface area is 91.5 Å². The van der Waals surface area contributed by atoms with Crippen LogP contribution >= 0.6 is 23.2 Å². The van der Waals surface area contributed by atoms with E-state index in [2.05, 4.69) is 9.97 Å². The summed E-state index contributed by atoms with van der Waals surface area (Å²) in [4.78, 5) is 7.66. The zero-order chi connectivity index (χ0) is 10.1. The minimum atomic E-state index is -0.733. The van der Waals surface area contributed by atoms with Gasteiger partial charge in [-0.1, -0.05) is 36.0 Å². The van der Waals surface area contributed by atoms with Gasteiger partial charge in [-0.3, -0.25) is 0 Å². The lowest BCUT2D eigenvalue weighted by Gasteiger charge is -2.01. The Morgan fingerprint density at radius 2 is 1.79 bits per heavy atom. The first-order valence-electron chi connectivity index (χ1n) is 4.54. The summed E-state index contributed by atoms with van der Waals surface area (Å²) in [6, 6.07) is 0. The Bertz CT molecular complexity index is 330. The molecule has 0 saturated heterocycles. The zero-order valence-corrected chi connectivity index (χ0v) is 8.95. The molecule has 2 nitrogen and oxygen atoms in total. The van der Waals surface area contributed by atoms with Crippen LogP contribution in [0.3, 0.4) is 0 Å². The van der Waals surface area contributed by atoms with Gasteiger partial charge in [-0.15, -0.1) is 0 Å². The highest BCUT2D eigenvalue weighted by molar-refractivity contribution is 6.33. The molecule has 0 amide bonds. The molecule has 1 fully saturated rings. The third-order valence-corrected chi connectivity index (χ3v) is 2.79. The molecule has 1 aromatic rings. The molecule has 0 bridgehead atoms. The van der Waals surface area contributed by atoms with Crippen molar-refractivity contribution in [2.75, 3.05) is 0 Å². The zero-order valence-electron chi connectivity index (χ0n) is 7.43. The lowest BCUT2D eigenvalue weighted by atomic mass is 10.2. The topological polar surface area (TPSA) is 25.8 Å². The molecule has 1 aliphatic rings. The maximum atomic E-state index is 12.9. The molecular weight excluding hydrogens is 226 g/mol. The maximum Gasteiger partial charge on any atom is 0.197 e. The van der Waals surface area contributed by atoms with Gasteiger partial charge < -0.3 is 0 Å². The van der Waals surface area contributed by atoms with Crippen LogP contribution in [0.5, 0.6) is 0 Å². The summed E-state index contributed by atoms with van der Waals surface area (Å²) in [6.07, 6.45) is 4.33. The van der Waals surface area contributed by atoms with Crippen LogP contribution in [0.25, 0.3) is 0 Å². The van der Waals surface area contributed by atoms with Crippen molar-refractivity contribution in [2.24, 2.45) is 5.92 Å².